The molecule has 1 heterocycles. The van der Waals surface area contributed by atoms with Crippen molar-refractivity contribution in [3.63, 3.8) is 0 Å². The van der Waals surface area contributed by atoms with E-state index < -0.39 is 0 Å². The molecule has 0 unspecified atom stereocenters. The van der Waals surface area contributed by atoms with Crippen molar-refractivity contribution in [1.29, 1.82) is 0 Å². The molecule has 0 saturated heterocycles. The van der Waals surface area contributed by atoms with Gasteiger partial charge in [0.2, 0.25) is 0 Å². The Kier molecular flexibility index (Phi) is 4.51. The van der Waals surface area contributed by atoms with Gasteiger partial charge < -0.3 is 4.57 Å². The van der Waals surface area contributed by atoms with E-state index in [1.165, 1.54) is 5.56 Å². The van der Waals surface area contributed by atoms with Gasteiger partial charge in [-0.2, -0.15) is 0 Å². The monoisotopic (exact) mass is 250 g/mol. The standard InChI is InChI=1S/C10H10N2.C7H8/c1-9-7-11-8-12(9)10-5-3-2-4-6-10;1-7-5-3-2-4-6-7/h2-8H,1H3;2-6H,1H3. The van der Waals surface area contributed by atoms with Crippen LogP contribution in [-0.4, -0.2) is 9.55 Å². The summed E-state index contributed by atoms with van der Waals surface area (Å²) < 4.78 is 2.06. The third kappa shape index (κ3) is 3.81. The molecule has 0 atom stereocenters. The van der Waals surface area contributed by atoms with E-state index in [9.17, 15) is 0 Å². The summed E-state index contributed by atoms with van der Waals surface area (Å²) in [6.45, 7) is 4.12. The second-order valence-electron chi connectivity index (χ2n) is 4.40. The molecule has 0 N–H and O–H groups in total. The van der Waals surface area contributed by atoms with Crippen LogP contribution in [0.25, 0.3) is 5.69 Å². The molecule has 0 amide bonds. The van der Waals surface area contributed by atoms with E-state index >= 15 is 0 Å². The maximum atomic E-state index is 4.06. The Balaban J connectivity index is 0.000000163. The van der Waals surface area contributed by atoms with Crippen LogP contribution in [0.3, 0.4) is 0 Å². The van der Waals surface area contributed by atoms with E-state index in [2.05, 4.69) is 40.7 Å². The number of aromatic nitrogens is 2. The van der Waals surface area contributed by atoms with Crippen molar-refractivity contribution < 1.29 is 0 Å². The van der Waals surface area contributed by atoms with Crippen LogP contribution in [0.1, 0.15) is 11.3 Å². The highest BCUT2D eigenvalue weighted by Gasteiger charge is 1.96. The largest absolute Gasteiger partial charge is 0.304 e. The van der Waals surface area contributed by atoms with Crippen molar-refractivity contribution in [2.75, 3.05) is 0 Å². The highest BCUT2D eigenvalue weighted by atomic mass is 15.0. The molecule has 0 aliphatic heterocycles. The molecule has 2 heteroatoms. The first-order chi connectivity index (χ1) is 9.27. The summed E-state index contributed by atoms with van der Waals surface area (Å²) >= 11 is 0. The Morgan fingerprint density at radius 2 is 1.37 bits per heavy atom. The zero-order valence-electron chi connectivity index (χ0n) is 11.3. The Morgan fingerprint density at radius 3 is 1.79 bits per heavy atom. The summed E-state index contributed by atoms with van der Waals surface area (Å²) in [5.41, 5.74) is 3.64. The van der Waals surface area contributed by atoms with Crippen molar-refractivity contribution in [3.8, 4) is 5.69 Å². The summed E-state index contributed by atoms with van der Waals surface area (Å²) in [6.07, 6.45) is 3.68. The first kappa shape index (κ1) is 13.1. The molecule has 0 aliphatic rings. The van der Waals surface area contributed by atoms with Crippen LogP contribution in [0.2, 0.25) is 0 Å². The van der Waals surface area contributed by atoms with Crippen molar-refractivity contribution in [2.24, 2.45) is 0 Å². The van der Waals surface area contributed by atoms with Gasteiger partial charge >= 0.3 is 0 Å². The Hall–Kier alpha value is -2.35. The zero-order chi connectivity index (χ0) is 13.5. The lowest BCUT2D eigenvalue weighted by Gasteiger charge is -2.02. The van der Waals surface area contributed by atoms with Gasteiger partial charge in [0, 0.05) is 17.6 Å². The summed E-state index contributed by atoms with van der Waals surface area (Å²) in [4.78, 5) is 4.06. The van der Waals surface area contributed by atoms with Crippen LogP contribution in [0.4, 0.5) is 0 Å². The molecule has 2 aromatic carbocycles. The second-order valence-corrected chi connectivity index (χ2v) is 4.40. The van der Waals surface area contributed by atoms with Crippen LogP contribution in [-0.2, 0) is 0 Å². The molecular weight excluding hydrogens is 232 g/mol. The van der Waals surface area contributed by atoms with Crippen LogP contribution >= 0.6 is 0 Å². The number of hydrogen-bond donors (Lipinski definition) is 0. The van der Waals surface area contributed by atoms with Crippen molar-refractivity contribution >= 4 is 0 Å². The molecule has 19 heavy (non-hydrogen) atoms. The minimum Gasteiger partial charge on any atom is -0.304 e. The van der Waals surface area contributed by atoms with Gasteiger partial charge in [0.1, 0.15) is 0 Å². The first-order valence-electron chi connectivity index (χ1n) is 6.33. The number of hydrogen-bond acceptors (Lipinski definition) is 1. The topological polar surface area (TPSA) is 17.8 Å². The highest BCUT2D eigenvalue weighted by molar-refractivity contribution is 5.32. The molecule has 0 spiro atoms. The smallest absolute Gasteiger partial charge is 0.0994 e. The summed E-state index contributed by atoms with van der Waals surface area (Å²) in [5.74, 6) is 0. The van der Waals surface area contributed by atoms with Gasteiger partial charge in [0.25, 0.3) is 0 Å². The van der Waals surface area contributed by atoms with Gasteiger partial charge in [-0.1, -0.05) is 54.1 Å². The van der Waals surface area contributed by atoms with Gasteiger partial charge in [-0.3, -0.25) is 0 Å². The Bertz CT molecular complexity index is 597. The number of aryl methyl sites for hydroxylation is 2. The predicted molar refractivity (Wildman–Crippen MR) is 79.5 cm³/mol. The van der Waals surface area contributed by atoms with Crippen LogP contribution in [0.5, 0.6) is 0 Å². The molecule has 3 rings (SSSR count). The molecular formula is C17H18N2. The van der Waals surface area contributed by atoms with Gasteiger partial charge in [-0.25, -0.2) is 4.98 Å². The third-order valence-corrected chi connectivity index (χ3v) is 2.80. The summed E-state index contributed by atoms with van der Waals surface area (Å²) in [7, 11) is 0. The minimum atomic E-state index is 1.15. The van der Waals surface area contributed by atoms with Crippen LogP contribution in [0, 0.1) is 13.8 Å². The van der Waals surface area contributed by atoms with Crippen molar-refractivity contribution in [3.05, 3.63) is 84.4 Å². The average molecular weight is 250 g/mol. The normalized spacial score (nSPS) is 9.58. The maximum absolute atomic E-state index is 4.06. The zero-order valence-corrected chi connectivity index (χ0v) is 11.3. The minimum absolute atomic E-state index is 1.15. The number of nitrogens with zero attached hydrogens (tertiary/aromatic N) is 2. The molecule has 0 bridgehead atoms. The van der Waals surface area contributed by atoms with Gasteiger partial charge in [0.05, 0.1) is 6.33 Å². The van der Waals surface area contributed by atoms with Crippen LogP contribution < -0.4 is 0 Å². The van der Waals surface area contributed by atoms with Crippen LogP contribution in [0.15, 0.2) is 73.2 Å². The van der Waals surface area contributed by atoms with Gasteiger partial charge in [-0.05, 0) is 26.0 Å². The molecule has 0 radical (unpaired) electrons. The van der Waals surface area contributed by atoms with Crippen molar-refractivity contribution in [2.45, 2.75) is 13.8 Å². The number of imidazole rings is 1. The SMILES string of the molecule is Cc1ccccc1.Cc1cncn1-c1ccccc1. The Labute approximate surface area is 114 Å². The van der Waals surface area contributed by atoms with E-state index in [-0.39, 0.29) is 0 Å². The molecule has 0 saturated carbocycles. The van der Waals surface area contributed by atoms with Gasteiger partial charge in [0.15, 0.2) is 0 Å². The van der Waals surface area contributed by atoms with E-state index in [1.807, 2.05) is 55.8 Å². The second kappa shape index (κ2) is 6.55. The fourth-order valence-electron chi connectivity index (χ4n) is 1.75. The fourth-order valence-corrected chi connectivity index (χ4v) is 1.75. The molecule has 3 aromatic rings. The molecule has 0 fully saturated rings. The fraction of sp³-hybridized carbons (Fsp3) is 0.118. The van der Waals surface area contributed by atoms with E-state index in [1.54, 1.807) is 0 Å². The molecule has 1 aromatic heterocycles. The quantitative estimate of drug-likeness (QED) is 0.633. The lowest BCUT2D eigenvalue weighted by molar-refractivity contribution is 1.00. The summed E-state index contributed by atoms with van der Waals surface area (Å²) in [5, 5.41) is 0. The number of para-hydroxylation sites is 1. The maximum Gasteiger partial charge on any atom is 0.0994 e. The van der Waals surface area contributed by atoms with Crippen molar-refractivity contribution in [1.82, 2.24) is 9.55 Å². The third-order valence-electron chi connectivity index (χ3n) is 2.80. The van der Waals surface area contributed by atoms with E-state index in [0.29, 0.717) is 0 Å². The Morgan fingerprint density at radius 1 is 0.789 bits per heavy atom. The van der Waals surface area contributed by atoms with E-state index in [4.69, 9.17) is 0 Å². The first-order valence-corrected chi connectivity index (χ1v) is 6.33. The molecule has 0 aliphatic carbocycles. The summed E-state index contributed by atoms with van der Waals surface area (Å²) in [6, 6.07) is 20.4. The predicted octanol–water partition coefficient (Wildman–Crippen LogP) is 4.18. The average Bonchev–Trinajstić information content (AvgIpc) is 2.88. The lowest BCUT2D eigenvalue weighted by Crippen LogP contribution is -1.92. The van der Waals surface area contributed by atoms with Gasteiger partial charge in [-0.15, -0.1) is 0 Å². The number of benzene rings is 2. The molecule has 2 nitrogen and oxygen atoms in total. The highest BCUT2D eigenvalue weighted by Crippen LogP contribution is 2.08. The van der Waals surface area contributed by atoms with E-state index in [0.717, 1.165) is 11.4 Å². The number of rotatable bonds is 1. The molecule has 96 valence electrons. The lowest BCUT2D eigenvalue weighted by atomic mass is 10.2.